The van der Waals surface area contributed by atoms with Gasteiger partial charge in [-0.1, -0.05) is 6.07 Å². The smallest absolute Gasteiger partial charge is 0.129 e. The van der Waals surface area contributed by atoms with Gasteiger partial charge in [0, 0.05) is 19.3 Å². The fourth-order valence-electron chi connectivity index (χ4n) is 2.42. The van der Waals surface area contributed by atoms with Gasteiger partial charge in [0.15, 0.2) is 0 Å². The van der Waals surface area contributed by atoms with Crippen molar-refractivity contribution in [3.63, 3.8) is 0 Å². The average Bonchev–Trinajstić information content (AvgIpc) is 3.13. The minimum Gasteiger partial charge on any atom is -0.507 e. The van der Waals surface area contributed by atoms with Crippen molar-refractivity contribution < 1.29 is 9.84 Å². The molecule has 0 spiro atoms. The second-order valence-corrected chi connectivity index (χ2v) is 6.08. The second-order valence-electron chi connectivity index (χ2n) is 5.23. The van der Waals surface area contributed by atoms with Crippen LogP contribution in [0.1, 0.15) is 18.4 Å². The molecule has 1 aromatic carbocycles. The fourth-order valence-corrected chi connectivity index (χ4v) is 2.84. The molecule has 2 heterocycles. The van der Waals surface area contributed by atoms with E-state index in [0.29, 0.717) is 17.1 Å². The van der Waals surface area contributed by atoms with E-state index < -0.39 is 0 Å². The molecule has 1 fully saturated rings. The number of hydrogen-bond acceptors (Lipinski definition) is 4. The van der Waals surface area contributed by atoms with E-state index >= 15 is 0 Å². The number of benzene rings is 1. The maximum absolute atomic E-state index is 9.48. The predicted molar refractivity (Wildman–Crippen MR) is 84.3 cm³/mol. The monoisotopic (exact) mass is 351 g/mol. The molecule has 21 heavy (non-hydrogen) atoms. The molecule has 1 atom stereocenters. The van der Waals surface area contributed by atoms with Gasteiger partial charge in [0.25, 0.3) is 0 Å². The molecular formula is C15H18BrN3O2. The van der Waals surface area contributed by atoms with Crippen LogP contribution >= 0.6 is 15.9 Å². The Bertz CT molecular complexity index is 609. The number of halogens is 1. The lowest BCUT2D eigenvalue weighted by molar-refractivity contribution is 0.0940. The lowest BCUT2D eigenvalue weighted by atomic mass is 10.2. The topological polar surface area (TPSA) is 59.3 Å². The van der Waals surface area contributed by atoms with Gasteiger partial charge in [-0.15, -0.1) is 0 Å². The molecule has 0 bridgehead atoms. The van der Waals surface area contributed by atoms with Crippen molar-refractivity contribution in [3.8, 4) is 5.75 Å². The van der Waals surface area contributed by atoms with Gasteiger partial charge >= 0.3 is 0 Å². The number of aromatic hydroxyl groups is 1. The van der Waals surface area contributed by atoms with Crippen molar-refractivity contribution in [3.05, 3.63) is 40.6 Å². The highest BCUT2D eigenvalue weighted by atomic mass is 79.9. The normalized spacial score (nSPS) is 18.0. The van der Waals surface area contributed by atoms with E-state index in [1.165, 1.54) is 0 Å². The number of nitrogens with one attached hydrogen (secondary N) is 1. The summed E-state index contributed by atoms with van der Waals surface area (Å²) in [6.45, 7) is 2.36. The van der Waals surface area contributed by atoms with Crippen LogP contribution in [-0.2, 0) is 17.8 Å². The van der Waals surface area contributed by atoms with E-state index in [1.54, 1.807) is 6.07 Å². The summed E-state index contributed by atoms with van der Waals surface area (Å²) in [5, 5.41) is 17.2. The maximum atomic E-state index is 9.48. The molecule has 1 saturated heterocycles. The molecular weight excluding hydrogens is 334 g/mol. The summed E-state index contributed by atoms with van der Waals surface area (Å²) >= 11 is 3.32. The van der Waals surface area contributed by atoms with Crippen LogP contribution in [0.3, 0.4) is 0 Å². The number of rotatable bonds is 5. The minimum absolute atomic E-state index is 0.253. The van der Waals surface area contributed by atoms with Gasteiger partial charge in [0.2, 0.25) is 0 Å². The fraction of sp³-hybridized carbons (Fsp3) is 0.400. The van der Waals surface area contributed by atoms with Gasteiger partial charge in [0.1, 0.15) is 5.75 Å². The zero-order valence-electron chi connectivity index (χ0n) is 11.6. The first kappa shape index (κ1) is 14.4. The number of phenolic OH excluding ortho intramolecular Hbond substituents is 1. The van der Waals surface area contributed by atoms with Crippen LogP contribution in [0, 0.1) is 0 Å². The Labute approximate surface area is 132 Å². The van der Waals surface area contributed by atoms with E-state index in [9.17, 15) is 5.11 Å². The Morgan fingerprint density at radius 1 is 1.48 bits per heavy atom. The summed E-state index contributed by atoms with van der Waals surface area (Å²) in [6.07, 6.45) is 6.38. The number of hydrogen-bond donors (Lipinski definition) is 2. The minimum atomic E-state index is 0.253. The molecule has 0 aliphatic carbocycles. The van der Waals surface area contributed by atoms with Crippen LogP contribution < -0.4 is 5.32 Å². The summed E-state index contributed by atoms with van der Waals surface area (Å²) in [5.41, 5.74) is 2.07. The Morgan fingerprint density at radius 3 is 3.14 bits per heavy atom. The van der Waals surface area contributed by atoms with E-state index in [1.807, 2.05) is 29.2 Å². The highest BCUT2D eigenvalue weighted by molar-refractivity contribution is 9.10. The van der Waals surface area contributed by atoms with E-state index in [4.69, 9.17) is 4.74 Å². The van der Waals surface area contributed by atoms with Crippen molar-refractivity contribution in [1.82, 2.24) is 9.78 Å². The van der Waals surface area contributed by atoms with Crippen molar-refractivity contribution >= 4 is 21.6 Å². The third kappa shape index (κ3) is 3.77. The SMILES string of the molecule is Oc1ccc(CNc2cnn(CC3CCCO3)c2)cc1Br. The first-order valence-electron chi connectivity index (χ1n) is 7.06. The molecule has 1 aromatic heterocycles. The first-order chi connectivity index (χ1) is 10.2. The molecule has 0 saturated carbocycles. The standard InChI is InChI=1S/C15H18BrN3O2/c16-14-6-11(3-4-15(14)20)7-17-12-8-18-19(9-12)10-13-2-1-5-21-13/h3-4,6,8-9,13,17,20H,1-2,5,7,10H2. The molecule has 1 unspecified atom stereocenters. The van der Waals surface area contributed by atoms with Crippen LogP contribution in [0.15, 0.2) is 35.1 Å². The Hall–Kier alpha value is -1.53. The molecule has 2 aromatic rings. The van der Waals surface area contributed by atoms with Crippen molar-refractivity contribution in [1.29, 1.82) is 0 Å². The van der Waals surface area contributed by atoms with Gasteiger partial charge in [-0.25, -0.2) is 0 Å². The lowest BCUT2D eigenvalue weighted by Gasteiger charge is -2.08. The number of anilines is 1. The molecule has 6 heteroatoms. The molecule has 3 rings (SSSR count). The van der Waals surface area contributed by atoms with Crippen LogP contribution in [0.5, 0.6) is 5.75 Å². The third-order valence-electron chi connectivity index (χ3n) is 3.56. The largest absolute Gasteiger partial charge is 0.507 e. The van der Waals surface area contributed by atoms with E-state index in [-0.39, 0.29) is 5.75 Å². The average molecular weight is 352 g/mol. The summed E-state index contributed by atoms with van der Waals surface area (Å²) in [4.78, 5) is 0. The molecule has 0 radical (unpaired) electrons. The number of ether oxygens (including phenoxy) is 1. The highest BCUT2D eigenvalue weighted by Crippen LogP contribution is 2.24. The van der Waals surface area contributed by atoms with E-state index in [0.717, 1.165) is 37.2 Å². The maximum Gasteiger partial charge on any atom is 0.129 e. The highest BCUT2D eigenvalue weighted by Gasteiger charge is 2.16. The number of aromatic nitrogens is 2. The molecule has 5 nitrogen and oxygen atoms in total. The summed E-state index contributed by atoms with van der Waals surface area (Å²) < 4.78 is 8.24. The van der Waals surface area contributed by atoms with Crippen LogP contribution in [-0.4, -0.2) is 27.6 Å². The van der Waals surface area contributed by atoms with Gasteiger partial charge < -0.3 is 15.2 Å². The number of phenols is 1. The lowest BCUT2D eigenvalue weighted by Crippen LogP contribution is -2.15. The second kappa shape index (κ2) is 6.49. The van der Waals surface area contributed by atoms with Crippen LogP contribution in [0.4, 0.5) is 5.69 Å². The van der Waals surface area contributed by atoms with E-state index in [2.05, 4.69) is 26.3 Å². The quantitative estimate of drug-likeness (QED) is 0.868. The zero-order chi connectivity index (χ0) is 14.7. The molecule has 2 N–H and O–H groups in total. The Kier molecular flexibility index (Phi) is 4.45. The molecule has 1 aliphatic heterocycles. The van der Waals surface area contributed by atoms with Crippen LogP contribution in [0.2, 0.25) is 0 Å². The summed E-state index contributed by atoms with van der Waals surface area (Å²) in [5.74, 6) is 0.253. The third-order valence-corrected chi connectivity index (χ3v) is 4.19. The number of nitrogens with zero attached hydrogens (tertiary/aromatic N) is 2. The van der Waals surface area contributed by atoms with Crippen LogP contribution in [0.25, 0.3) is 0 Å². The molecule has 112 valence electrons. The van der Waals surface area contributed by atoms with Crippen molar-refractivity contribution in [2.75, 3.05) is 11.9 Å². The Morgan fingerprint density at radius 2 is 2.38 bits per heavy atom. The Balaban J connectivity index is 1.55. The van der Waals surface area contributed by atoms with Gasteiger partial charge in [-0.3, -0.25) is 4.68 Å². The van der Waals surface area contributed by atoms with Gasteiger partial charge in [0.05, 0.1) is 29.0 Å². The zero-order valence-corrected chi connectivity index (χ0v) is 13.2. The summed E-state index contributed by atoms with van der Waals surface area (Å²) in [7, 11) is 0. The van der Waals surface area contributed by atoms with Crippen molar-refractivity contribution in [2.45, 2.75) is 32.0 Å². The van der Waals surface area contributed by atoms with Crippen molar-refractivity contribution in [2.24, 2.45) is 0 Å². The first-order valence-corrected chi connectivity index (χ1v) is 7.85. The molecule has 0 amide bonds. The van der Waals surface area contributed by atoms with Gasteiger partial charge in [-0.05, 0) is 46.5 Å². The predicted octanol–water partition coefficient (Wildman–Crippen LogP) is 3.14. The molecule has 1 aliphatic rings. The summed E-state index contributed by atoms with van der Waals surface area (Å²) in [6, 6.07) is 5.48. The van der Waals surface area contributed by atoms with Gasteiger partial charge in [-0.2, -0.15) is 5.10 Å².